The number of nitrogens with zero attached hydrogens (tertiary/aromatic N) is 2. The number of hydrogen-bond acceptors (Lipinski definition) is 3. The number of fused-ring (bicyclic) bond motifs is 3. The minimum atomic E-state index is 0.191. The first-order valence-electron chi connectivity index (χ1n) is 10.2. The first-order valence-corrected chi connectivity index (χ1v) is 10.2. The third kappa shape index (κ3) is 3.32. The molecule has 4 heteroatoms. The molecule has 0 aromatic heterocycles. The van der Waals surface area contributed by atoms with Gasteiger partial charge in [0.05, 0.1) is 12.0 Å². The second kappa shape index (κ2) is 7.15. The molecule has 26 heavy (non-hydrogen) atoms. The van der Waals surface area contributed by atoms with E-state index in [9.17, 15) is 4.79 Å². The number of carbonyl (C=O) groups is 1. The molecule has 0 spiro atoms. The summed E-state index contributed by atoms with van der Waals surface area (Å²) in [5.41, 5.74) is 6.60. The highest BCUT2D eigenvalue weighted by molar-refractivity contribution is 5.81. The van der Waals surface area contributed by atoms with Gasteiger partial charge in [0.1, 0.15) is 5.78 Å². The van der Waals surface area contributed by atoms with Crippen molar-refractivity contribution in [3.05, 3.63) is 29.2 Å². The summed E-state index contributed by atoms with van der Waals surface area (Å²) >= 11 is 0. The van der Waals surface area contributed by atoms with Crippen LogP contribution < -0.4 is 0 Å². The topological polar surface area (TPSA) is 49.0 Å². The number of aryl methyl sites for hydroxylation is 1. The van der Waals surface area contributed by atoms with Crippen molar-refractivity contribution in [1.82, 2.24) is 14.9 Å². The van der Waals surface area contributed by atoms with Crippen molar-refractivity contribution in [1.29, 1.82) is 0 Å². The maximum atomic E-state index is 11.9. The molecule has 1 heterocycles. The van der Waals surface area contributed by atoms with Crippen molar-refractivity contribution in [2.24, 2.45) is 11.8 Å². The average molecular weight is 354 g/mol. The third-order valence-electron chi connectivity index (χ3n) is 6.83. The Morgan fingerprint density at radius 1 is 1.23 bits per heavy atom. The van der Waals surface area contributed by atoms with Gasteiger partial charge in [-0.25, -0.2) is 4.98 Å². The predicted molar refractivity (Wildman–Crippen MR) is 105 cm³/mol. The number of hydrogen-bond donors (Lipinski definition) is 1. The molecule has 0 unspecified atom stereocenters. The van der Waals surface area contributed by atoms with E-state index < -0.39 is 0 Å². The second-order valence-corrected chi connectivity index (χ2v) is 8.68. The summed E-state index contributed by atoms with van der Waals surface area (Å²) in [4.78, 5) is 22.4. The zero-order valence-electron chi connectivity index (χ0n) is 16.3. The fourth-order valence-electron chi connectivity index (χ4n) is 5.13. The number of aromatic nitrogens is 2. The van der Waals surface area contributed by atoms with E-state index in [2.05, 4.69) is 35.0 Å². The van der Waals surface area contributed by atoms with Gasteiger partial charge in [0.2, 0.25) is 0 Å². The van der Waals surface area contributed by atoms with Crippen LogP contribution in [0.15, 0.2) is 12.4 Å². The Labute approximate surface area is 156 Å². The summed E-state index contributed by atoms with van der Waals surface area (Å²) in [6.45, 7) is 1.75. The Hall–Kier alpha value is -1.68. The monoisotopic (exact) mass is 353 g/mol. The van der Waals surface area contributed by atoms with Crippen molar-refractivity contribution < 1.29 is 4.79 Å². The maximum absolute atomic E-state index is 11.9. The summed E-state index contributed by atoms with van der Waals surface area (Å²) in [6.07, 6.45) is 11.1. The molecule has 0 saturated heterocycles. The number of rotatable bonds is 4. The molecule has 1 N–H and O–H groups in total. The summed E-state index contributed by atoms with van der Waals surface area (Å²) in [6, 6.07) is 3.01. The summed E-state index contributed by atoms with van der Waals surface area (Å²) < 4.78 is 0. The molecule has 0 bridgehead atoms. The first kappa shape index (κ1) is 17.7. The zero-order chi connectivity index (χ0) is 18.3. The average Bonchev–Trinajstić information content (AvgIpc) is 3.00. The third-order valence-corrected chi connectivity index (χ3v) is 6.83. The van der Waals surface area contributed by atoms with E-state index in [0.29, 0.717) is 5.78 Å². The summed E-state index contributed by atoms with van der Waals surface area (Å²) in [7, 11) is 4.40. The van der Waals surface area contributed by atoms with Gasteiger partial charge in [0.15, 0.2) is 0 Å². The lowest BCUT2D eigenvalue weighted by atomic mass is 9.80. The van der Waals surface area contributed by atoms with E-state index in [1.807, 2.05) is 6.33 Å². The standard InChI is InChI=1S/C22H31N3O/c1-14(26)16-6-7-17-12-21-22(19(17)11-16)20(23-13-24-21)10-15-4-8-18(9-5-15)25(2)3/h12-13,15-16,18H,4-11H2,1-3H3,(H,23,24)/t15?,16-,18?/m0/s1. The molecule has 0 amide bonds. The lowest BCUT2D eigenvalue weighted by molar-refractivity contribution is -0.121. The van der Waals surface area contributed by atoms with E-state index in [1.54, 1.807) is 6.92 Å². The van der Waals surface area contributed by atoms with Crippen molar-refractivity contribution in [2.45, 2.75) is 64.3 Å². The Morgan fingerprint density at radius 3 is 2.69 bits per heavy atom. The van der Waals surface area contributed by atoms with E-state index in [-0.39, 0.29) is 5.92 Å². The second-order valence-electron chi connectivity index (χ2n) is 8.68. The largest absolute Gasteiger partial charge is 0.349 e. The molecule has 1 atom stereocenters. The van der Waals surface area contributed by atoms with Crippen LogP contribution in [0.2, 0.25) is 0 Å². The molecule has 4 aliphatic rings. The van der Waals surface area contributed by atoms with E-state index in [4.69, 9.17) is 0 Å². The molecule has 1 aliphatic heterocycles. The highest BCUT2D eigenvalue weighted by Gasteiger charge is 2.30. The fraction of sp³-hybridized carbons (Fsp3) is 0.636. The Morgan fingerprint density at radius 2 is 2.00 bits per heavy atom. The van der Waals surface area contributed by atoms with Gasteiger partial charge in [0, 0.05) is 23.2 Å². The molecule has 140 valence electrons. The van der Waals surface area contributed by atoms with E-state index in [0.717, 1.165) is 43.3 Å². The maximum Gasteiger partial charge on any atom is 0.133 e. The van der Waals surface area contributed by atoms with Crippen LogP contribution in [0, 0.1) is 11.8 Å². The molecular weight excluding hydrogens is 322 g/mol. The number of ketones is 1. The quantitative estimate of drug-likeness (QED) is 0.908. The van der Waals surface area contributed by atoms with Gasteiger partial charge in [-0.15, -0.1) is 0 Å². The summed E-state index contributed by atoms with van der Waals surface area (Å²) in [5.74, 6) is 1.28. The lowest BCUT2D eigenvalue weighted by Crippen LogP contribution is -2.32. The number of nitrogens with one attached hydrogen (secondary N) is 1. The predicted octanol–water partition coefficient (Wildman–Crippen LogP) is 3.87. The number of H-pyrrole nitrogens is 1. The van der Waals surface area contributed by atoms with Crippen LogP contribution in [-0.4, -0.2) is 40.8 Å². The highest BCUT2D eigenvalue weighted by Crippen LogP contribution is 2.40. The van der Waals surface area contributed by atoms with E-state index >= 15 is 0 Å². The minimum absolute atomic E-state index is 0.191. The molecule has 4 nitrogen and oxygen atoms in total. The molecule has 3 aliphatic carbocycles. The molecule has 0 aromatic rings. The van der Waals surface area contributed by atoms with Gasteiger partial charge in [0.25, 0.3) is 0 Å². The van der Waals surface area contributed by atoms with Gasteiger partial charge in [-0.3, -0.25) is 4.79 Å². The van der Waals surface area contributed by atoms with Crippen LogP contribution in [0.25, 0.3) is 11.3 Å². The van der Waals surface area contributed by atoms with Gasteiger partial charge >= 0.3 is 0 Å². The molecular formula is C22H31N3O. The first-order chi connectivity index (χ1) is 12.5. The van der Waals surface area contributed by atoms with Gasteiger partial charge in [-0.2, -0.15) is 0 Å². The number of aromatic amines is 1. The normalized spacial score (nSPS) is 26.2. The highest BCUT2D eigenvalue weighted by atomic mass is 16.1. The van der Waals surface area contributed by atoms with Crippen molar-refractivity contribution in [2.75, 3.05) is 14.1 Å². The molecule has 1 fully saturated rings. The van der Waals surface area contributed by atoms with E-state index in [1.165, 1.54) is 48.1 Å². The minimum Gasteiger partial charge on any atom is -0.349 e. The Bertz CT molecular complexity index is 755. The van der Waals surface area contributed by atoms with Crippen LogP contribution >= 0.6 is 0 Å². The van der Waals surface area contributed by atoms with Gasteiger partial charge in [-0.1, -0.05) is 0 Å². The Balaban J connectivity index is 1.57. The molecule has 0 aromatic carbocycles. The van der Waals surface area contributed by atoms with Gasteiger partial charge < -0.3 is 9.88 Å². The fourth-order valence-corrected chi connectivity index (χ4v) is 5.13. The summed E-state index contributed by atoms with van der Waals surface area (Å²) in [5, 5.41) is 0. The molecule has 0 radical (unpaired) electrons. The van der Waals surface area contributed by atoms with Crippen LogP contribution in [0.5, 0.6) is 0 Å². The Kier molecular flexibility index (Phi) is 4.87. The van der Waals surface area contributed by atoms with Crippen LogP contribution in [0.4, 0.5) is 0 Å². The van der Waals surface area contributed by atoms with Gasteiger partial charge in [-0.05, 0) is 95.5 Å². The zero-order valence-corrected chi connectivity index (χ0v) is 16.3. The van der Waals surface area contributed by atoms with Crippen LogP contribution in [0.1, 0.15) is 55.8 Å². The SMILES string of the molecule is CC(=O)[C@H]1CCc2cc3nc[nH]c(CC4CCC(N(C)C)CC4)c-3c2C1. The smallest absolute Gasteiger partial charge is 0.133 e. The van der Waals surface area contributed by atoms with Crippen molar-refractivity contribution in [3.8, 4) is 11.3 Å². The van der Waals surface area contributed by atoms with Crippen LogP contribution in [-0.2, 0) is 24.1 Å². The number of carbonyl (C=O) groups excluding carboxylic acids is 1. The lowest BCUT2D eigenvalue weighted by Gasteiger charge is -2.33. The van der Waals surface area contributed by atoms with Crippen molar-refractivity contribution in [3.63, 3.8) is 0 Å². The molecule has 1 saturated carbocycles. The van der Waals surface area contributed by atoms with Crippen LogP contribution in [0.3, 0.4) is 0 Å². The number of Topliss-reactive ketones (excluding diaryl/α,β-unsaturated/α-hetero) is 1. The molecule has 4 rings (SSSR count). The van der Waals surface area contributed by atoms with Crippen molar-refractivity contribution >= 4 is 5.78 Å².